The van der Waals surface area contributed by atoms with E-state index in [-0.39, 0.29) is 0 Å². The largest absolute Gasteiger partial charge is 0.386 e. The van der Waals surface area contributed by atoms with Gasteiger partial charge in [0.2, 0.25) is 0 Å². The zero-order valence-corrected chi connectivity index (χ0v) is 14.9. The van der Waals surface area contributed by atoms with Crippen LogP contribution in [0.2, 0.25) is 0 Å². The quantitative estimate of drug-likeness (QED) is 0.769. The topological polar surface area (TPSA) is 77.2 Å². The number of hydrogen-bond donors (Lipinski definition) is 2. The number of hydrogen-bond acceptors (Lipinski definition) is 4. The molecule has 0 saturated heterocycles. The highest BCUT2D eigenvalue weighted by Crippen LogP contribution is 2.42. The van der Waals surface area contributed by atoms with Crippen LogP contribution in [0.4, 0.5) is 0 Å². The lowest BCUT2D eigenvalue weighted by Crippen LogP contribution is -2.39. The second-order valence-corrected chi connectivity index (χ2v) is 6.98. The number of rotatable bonds is 4. The van der Waals surface area contributed by atoms with Gasteiger partial charge in [0.15, 0.2) is 0 Å². The van der Waals surface area contributed by atoms with E-state index in [1.54, 1.807) is 0 Å². The average Bonchev–Trinajstić information content (AvgIpc) is 3.03. The number of para-hydroxylation sites is 1. The molecule has 0 aliphatic rings. The van der Waals surface area contributed by atoms with Crippen LogP contribution < -0.4 is 5.73 Å². The van der Waals surface area contributed by atoms with Crippen LogP contribution in [-0.4, -0.2) is 20.4 Å². The number of nitrogens with two attached hydrogens (primary N) is 1. The third kappa shape index (κ3) is 2.44. The number of aliphatic hydroxyl groups excluding tert-OH is 1. The normalized spacial score (nSPS) is 13.6. The lowest BCUT2D eigenvalue weighted by molar-refractivity contribution is 0.106. The van der Waals surface area contributed by atoms with E-state index in [4.69, 9.17) is 10.3 Å². The first kappa shape index (κ1) is 16.7. The molecule has 0 amide bonds. The smallest absolute Gasteiger partial charge is 0.146 e. The summed E-state index contributed by atoms with van der Waals surface area (Å²) in [6, 6.07) is 8.05. The van der Waals surface area contributed by atoms with Crippen LogP contribution >= 0.6 is 0 Å². The minimum Gasteiger partial charge on any atom is -0.386 e. The van der Waals surface area contributed by atoms with Crippen molar-refractivity contribution >= 4 is 10.9 Å². The summed E-state index contributed by atoms with van der Waals surface area (Å²) in [6.07, 6.45) is -0.0724. The summed E-state index contributed by atoms with van der Waals surface area (Å²) >= 11 is 0. The van der Waals surface area contributed by atoms with Crippen LogP contribution in [0, 0.1) is 6.92 Å². The number of fused-ring (bicyclic) bond motifs is 1. The molecule has 3 aromatic rings. The molecule has 0 fully saturated rings. The van der Waals surface area contributed by atoms with Gasteiger partial charge in [-0.3, -0.25) is 0 Å². The van der Waals surface area contributed by atoms with Crippen LogP contribution in [0.5, 0.6) is 0 Å². The molecule has 1 aromatic carbocycles. The third-order valence-electron chi connectivity index (χ3n) is 4.62. The summed E-state index contributed by atoms with van der Waals surface area (Å²) in [5.74, 6) is 0.821. The molecule has 128 valence electrons. The van der Waals surface area contributed by atoms with E-state index in [2.05, 4.69) is 9.72 Å². The molecular formula is C19H25N3O2. The number of nitrogens with zero attached hydrogens (tertiary/aromatic N) is 2. The molecule has 5 nitrogen and oxygen atoms in total. The van der Waals surface area contributed by atoms with Gasteiger partial charge in [-0.25, -0.2) is 0 Å². The van der Waals surface area contributed by atoms with E-state index in [0.717, 1.165) is 45.6 Å². The number of aryl methyl sites for hydroxylation is 3. The summed E-state index contributed by atoms with van der Waals surface area (Å²) in [6.45, 7) is 7.64. The van der Waals surface area contributed by atoms with Gasteiger partial charge < -0.3 is 19.9 Å². The van der Waals surface area contributed by atoms with Crippen molar-refractivity contribution in [3.63, 3.8) is 0 Å². The second-order valence-electron chi connectivity index (χ2n) is 6.98. The molecule has 5 heteroatoms. The summed E-state index contributed by atoms with van der Waals surface area (Å²) in [4.78, 5) is 0. The van der Waals surface area contributed by atoms with Gasteiger partial charge >= 0.3 is 0 Å². The van der Waals surface area contributed by atoms with E-state index < -0.39 is 11.6 Å². The lowest BCUT2D eigenvalue weighted by Gasteiger charge is -2.27. The van der Waals surface area contributed by atoms with Gasteiger partial charge in [-0.05, 0) is 26.8 Å². The van der Waals surface area contributed by atoms with Crippen molar-refractivity contribution in [2.24, 2.45) is 12.8 Å². The van der Waals surface area contributed by atoms with Crippen LogP contribution in [-0.2, 0) is 13.5 Å². The van der Waals surface area contributed by atoms with Crippen molar-refractivity contribution in [3.05, 3.63) is 41.3 Å². The van der Waals surface area contributed by atoms with Crippen LogP contribution in [0.25, 0.3) is 22.2 Å². The van der Waals surface area contributed by atoms with Crippen molar-refractivity contribution in [2.45, 2.75) is 45.8 Å². The monoisotopic (exact) mass is 327 g/mol. The van der Waals surface area contributed by atoms with Crippen molar-refractivity contribution < 1.29 is 9.63 Å². The fourth-order valence-electron chi connectivity index (χ4n) is 3.34. The van der Waals surface area contributed by atoms with Crippen molar-refractivity contribution in [1.82, 2.24) is 9.72 Å². The van der Waals surface area contributed by atoms with Gasteiger partial charge in [0.05, 0.1) is 23.1 Å². The Bertz CT molecular complexity index is 884. The Kier molecular flexibility index (Phi) is 4.01. The molecule has 24 heavy (non-hydrogen) atoms. The van der Waals surface area contributed by atoms with Crippen LogP contribution in [0.1, 0.15) is 43.9 Å². The van der Waals surface area contributed by atoms with Gasteiger partial charge in [-0.1, -0.05) is 30.3 Å². The predicted octanol–water partition coefficient (Wildman–Crippen LogP) is 3.47. The predicted molar refractivity (Wildman–Crippen MR) is 95.8 cm³/mol. The molecule has 0 aliphatic carbocycles. The number of benzene rings is 1. The van der Waals surface area contributed by atoms with Gasteiger partial charge in [0.1, 0.15) is 5.76 Å². The summed E-state index contributed by atoms with van der Waals surface area (Å²) < 4.78 is 7.59. The summed E-state index contributed by atoms with van der Waals surface area (Å²) in [7, 11) is 2.00. The standard InChI is InChI=1S/C19H25N3O2/c1-6-14-15(11(2)21-24-14)17-16(18(23)19(3,4)20)12-9-7-8-10-13(12)22(17)5/h7-10,18,23H,6,20H2,1-5H3. The highest BCUT2D eigenvalue weighted by Gasteiger charge is 2.33. The molecule has 1 atom stereocenters. The van der Waals surface area contributed by atoms with E-state index in [1.807, 2.05) is 59.0 Å². The van der Waals surface area contributed by atoms with Crippen LogP contribution in [0.3, 0.4) is 0 Å². The molecule has 2 aromatic heterocycles. The van der Waals surface area contributed by atoms with Crippen molar-refractivity contribution in [3.8, 4) is 11.3 Å². The first-order valence-corrected chi connectivity index (χ1v) is 8.27. The molecule has 2 heterocycles. The first-order valence-electron chi connectivity index (χ1n) is 8.27. The lowest BCUT2D eigenvalue weighted by atomic mass is 9.88. The summed E-state index contributed by atoms with van der Waals surface area (Å²) in [5, 5.41) is 16.2. The van der Waals surface area contributed by atoms with Gasteiger partial charge in [0.25, 0.3) is 0 Å². The van der Waals surface area contributed by atoms with Crippen molar-refractivity contribution in [2.75, 3.05) is 0 Å². The third-order valence-corrected chi connectivity index (χ3v) is 4.62. The second kappa shape index (κ2) is 5.76. The van der Waals surface area contributed by atoms with E-state index in [0.29, 0.717) is 0 Å². The fraction of sp³-hybridized carbons (Fsp3) is 0.421. The van der Waals surface area contributed by atoms with Gasteiger partial charge in [-0.2, -0.15) is 0 Å². The Balaban J connectivity index is 2.43. The Labute approximate surface area is 142 Å². The molecule has 3 rings (SSSR count). The van der Waals surface area contributed by atoms with Crippen molar-refractivity contribution in [1.29, 1.82) is 0 Å². The SMILES string of the molecule is CCc1onc(C)c1-c1c(C(O)C(C)(C)N)c2ccccc2n1C. The zero-order chi connectivity index (χ0) is 17.6. The Hall–Kier alpha value is -2.11. The Morgan fingerprint density at radius 1 is 1.33 bits per heavy atom. The molecule has 0 spiro atoms. The fourth-order valence-corrected chi connectivity index (χ4v) is 3.34. The van der Waals surface area contributed by atoms with Crippen LogP contribution in [0.15, 0.2) is 28.8 Å². The maximum absolute atomic E-state index is 11.0. The first-order chi connectivity index (χ1) is 11.3. The average molecular weight is 327 g/mol. The highest BCUT2D eigenvalue weighted by molar-refractivity contribution is 5.93. The molecule has 0 radical (unpaired) electrons. The van der Waals surface area contributed by atoms with E-state index in [1.165, 1.54) is 0 Å². The van der Waals surface area contributed by atoms with Gasteiger partial charge in [0, 0.05) is 35.5 Å². The molecular weight excluding hydrogens is 302 g/mol. The summed E-state index contributed by atoms with van der Waals surface area (Å²) in [5.41, 5.74) is 10.1. The zero-order valence-electron chi connectivity index (χ0n) is 14.9. The maximum atomic E-state index is 11.0. The molecule has 0 saturated carbocycles. The number of aliphatic hydroxyl groups is 1. The minimum atomic E-state index is -0.808. The highest BCUT2D eigenvalue weighted by atomic mass is 16.5. The maximum Gasteiger partial charge on any atom is 0.146 e. The number of aromatic nitrogens is 2. The van der Waals surface area contributed by atoms with Gasteiger partial charge in [-0.15, -0.1) is 0 Å². The minimum absolute atomic E-state index is 0.735. The van der Waals surface area contributed by atoms with E-state index in [9.17, 15) is 5.11 Å². The molecule has 0 aliphatic heterocycles. The molecule has 3 N–H and O–H groups in total. The Morgan fingerprint density at radius 2 is 2.00 bits per heavy atom. The van der Waals surface area contributed by atoms with E-state index >= 15 is 0 Å². The molecule has 0 bridgehead atoms. The molecule has 1 unspecified atom stereocenters. The Morgan fingerprint density at radius 3 is 2.62 bits per heavy atom.